The Morgan fingerprint density at radius 2 is 1.94 bits per heavy atom. The molecule has 1 heterocycles. The molecule has 1 unspecified atom stereocenters. The highest BCUT2D eigenvalue weighted by Gasteiger charge is 2.08. The van der Waals surface area contributed by atoms with Crippen LogP contribution >= 0.6 is 0 Å². The van der Waals surface area contributed by atoms with Crippen molar-refractivity contribution in [1.82, 2.24) is 10.3 Å². The van der Waals surface area contributed by atoms with Crippen molar-refractivity contribution >= 4 is 0 Å². The zero-order valence-electron chi connectivity index (χ0n) is 11.1. The lowest BCUT2D eigenvalue weighted by atomic mass is 10.0. The van der Waals surface area contributed by atoms with E-state index in [1.54, 1.807) is 0 Å². The van der Waals surface area contributed by atoms with Gasteiger partial charge in [0.2, 0.25) is 0 Å². The molecule has 0 aliphatic heterocycles. The van der Waals surface area contributed by atoms with Gasteiger partial charge in [0, 0.05) is 25.0 Å². The lowest BCUT2D eigenvalue weighted by molar-refractivity contribution is 0.517. The summed E-state index contributed by atoms with van der Waals surface area (Å²) in [6, 6.07) is 13.1. The molecule has 0 saturated heterocycles. The lowest BCUT2D eigenvalue weighted by Crippen LogP contribution is -2.20. The topological polar surface area (TPSA) is 24.9 Å². The standard InChI is InChI=1S/C16H20N2/c1-3-16(14-7-5-4-6-8-14)18-12-15-11-17-10-9-13(15)2/h4-11,16,18H,3,12H2,1-2H3. The highest BCUT2D eigenvalue weighted by atomic mass is 14.9. The van der Waals surface area contributed by atoms with E-state index in [0.717, 1.165) is 13.0 Å². The van der Waals surface area contributed by atoms with Gasteiger partial charge in [-0.05, 0) is 36.1 Å². The number of nitrogens with one attached hydrogen (secondary N) is 1. The summed E-state index contributed by atoms with van der Waals surface area (Å²) < 4.78 is 0. The highest BCUT2D eigenvalue weighted by molar-refractivity contribution is 5.22. The van der Waals surface area contributed by atoms with Crippen LogP contribution in [0, 0.1) is 6.92 Å². The first-order valence-electron chi connectivity index (χ1n) is 6.49. The maximum absolute atomic E-state index is 4.18. The third-order valence-electron chi connectivity index (χ3n) is 3.30. The van der Waals surface area contributed by atoms with Crippen LogP contribution in [0.2, 0.25) is 0 Å². The summed E-state index contributed by atoms with van der Waals surface area (Å²) in [5.41, 5.74) is 3.91. The molecule has 2 nitrogen and oxygen atoms in total. The summed E-state index contributed by atoms with van der Waals surface area (Å²) in [4.78, 5) is 4.18. The molecule has 1 N–H and O–H groups in total. The van der Waals surface area contributed by atoms with E-state index in [0.29, 0.717) is 6.04 Å². The molecule has 0 amide bonds. The average molecular weight is 240 g/mol. The second-order valence-corrected chi connectivity index (χ2v) is 4.55. The Balaban J connectivity index is 2.02. The van der Waals surface area contributed by atoms with Crippen LogP contribution in [0.3, 0.4) is 0 Å². The van der Waals surface area contributed by atoms with Crippen LogP contribution in [0.5, 0.6) is 0 Å². The van der Waals surface area contributed by atoms with Crippen LogP contribution in [-0.4, -0.2) is 4.98 Å². The molecular formula is C16H20N2. The fourth-order valence-electron chi connectivity index (χ4n) is 2.10. The first-order chi connectivity index (χ1) is 8.81. The number of aryl methyl sites for hydroxylation is 1. The van der Waals surface area contributed by atoms with E-state index in [4.69, 9.17) is 0 Å². The largest absolute Gasteiger partial charge is 0.306 e. The van der Waals surface area contributed by atoms with Crippen LogP contribution in [-0.2, 0) is 6.54 Å². The molecule has 0 bridgehead atoms. The van der Waals surface area contributed by atoms with Crippen LogP contribution in [0.1, 0.15) is 36.1 Å². The molecule has 2 rings (SSSR count). The van der Waals surface area contributed by atoms with Crippen molar-refractivity contribution in [1.29, 1.82) is 0 Å². The number of hydrogen-bond donors (Lipinski definition) is 1. The minimum atomic E-state index is 0.408. The van der Waals surface area contributed by atoms with Gasteiger partial charge in [0.15, 0.2) is 0 Å². The molecule has 1 atom stereocenters. The van der Waals surface area contributed by atoms with Gasteiger partial charge in [-0.2, -0.15) is 0 Å². The molecule has 2 heteroatoms. The Kier molecular flexibility index (Phi) is 4.48. The lowest BCUT2D eigenvalue weighted by Gasteiger charge is -2.18. The highest BCUT2D eigenvalue weighted by Crippen LogP contribution is 2.17. The zero-order valence-corrected chi connectivity index (χ0v) is 11.1. The van der Waals surface area contributed by atoms with Crippen LogP contribution in [0.15, 0.2) is 48.8 Å². The quantitative estimate of drug-likeness (QED) is 0.863. The van der Waals surface area contributed by atoms with Crippen molar-refractivity contribution in [2.75, 3.05) is 0 Å². The number of benzene rings is 1. The first kappa shape index (κ1) is 12.8. The second-order valence-electron chi connectivity index (χ2n) is 4.55. The Morgan fingerprint density at radius 3 is 2.61 bits per heavy atom. The smallest absolute Gasteiger partial charge is 0.0320 e. The number of rotatable bonds is 5. The number of aromatic nitrogens is 1. The maximum atomic E-state index is 4.18. The Hall–Kier alpha value is -1.67. The molecule has 2 aromatic rings. The fraction of sp³-hybridized carbons (Fsp3) is 0.312. The van der Waals surface area contributed by atoms with E-state index in [9.17, 15) is 0 Å². The van der Waals surface area contributed by atoms with E-state index < -0.39 is 0 Å². The minimum Gasteiger partial charge on any atom is -0.306 e. The van der Waals surface area contributed by atoms with E-state index in [1.807, 2.05) is 12.4 Å². The predicted molar refractivity (Wildman–Crippen MR) is 75.3 cm³/mol. The van der Waals surface area contributed by atoms with Crippen molar-refractivity contribution in [2.45, 2.75) is 32.9 Å². The van der Waals surface area contributed by atoms with E-state index in [1.165, 1.54) is 16.7 Å². The fourth-order valence-corrected chi connectivity index (χ4v) is 2.10. The number of nitrogens with zero attached hydrogens (tertiary/aromatic N) is 1. The molecule has 1 aromatic carbocycles. The number of hydrogen-bond acceptors (Lipinski definition) is 2. The van der Waals surface area contributed by atoms with Crippen LogP contribution in [0.4, 0.5) is 0 Å². The maximum Gasteiger partial charge on any atom is 0.0320 e. The van der Waals surface area contributed by atoms with Gasteiger partial charge in [-0.15, -0.1) is 0 Å². The molecule has 0 radical (unpaired) electrons. The number of pyridine rings is 1. The summed E-state index contributed by atoms with van der Waals surface area (Å²) in [7, 11) is 0. The summed E-state index contributed by atoms with van der Waals surface area (Å²) in [6.07, 6.45) is 4.87. The molecule has 1 aromatic heterocycles. The van der Waals surface area contributed by atoms with Gasteiger partial charge >= 0.3 is 0 Å². The van der Waals surface area contributed by atoms with Gasteiger partial charge in [0.1, 0.15) is 0 Å². The van der Waals surface area contributed by atoms with Gasteiger partial charge in [0.25, 0.3) is 0 Å². The molecule has 0 aliphatic carbocycles. The van der Waals surface area contributed by atoms with Crippen LogP contribution in [0.25, 0.3) is 0 Å². The summed E-state index contributed by atoms with van der Waals surface area (Å²) in [5.74, 6) is 0. The van der Waals surface area contributed by atoms with Crippen molar-refractivity contribution in [3.8, 4) is 0 Å². The zero-order chi connectivity index (χ0) is 12.8. The average Bonchev–Trinajstić information content (AvgIpc) is 2.42. The summed E-state index contributed by atoms with van der Waals surface area (Å²) >= 11 is 0. The van der Waals surface area contributed by atoms with Gasteiger partial charge in [-0.1, -0.05) is 37.3 Å². The monoisotopic (exact) mass is 240 g/mol. The first-order valence-corrected chi connectivity index (χ1v) is 6.49. The molecule has 94 valence electrons. The van der Waals surface area contributed by atoms with Crippen LogP contribution < -0.4 is 5.32 Å². The van der Waals surface area contributed by atoms with Gasteiger partial charge in [-0.25, -0.2) is 0 Å². The Morgan fingerprint density at radius 1 is 1.17 bits per heavy atom. The van der Waals surface area contributed by atoms with Crippen molar-refractivity contribution in [2.24, 2.45) is 0 Å². The SMILES string of the molecule is CCC(NCc1cnccc1C)c1ccccc1. The normalized spacial score (nSPS) is 12.3. The third-order valence-corrected chi connectivity index (χ3v) is 3.30. The van der Waals surface area contributed by atoms with E-state index in [2.05, 4.69) is 60.5 Å². The minimum absolute atomic E-state index is 0.408. The second kappa shape index (κ2) is 6.31. The van der Waals surface area contributed by atoms with Gasteiger partial charge in [-0.3, -0.25) is 4.98 Å². The molecule has 0 saturated carbocycles. The van der Waals surface area contributed by atoms with Gasteiger partial charge < -0.3 is 5.32 Å². The Bertz CT molecular complexity index is 479. The van der Waals surface area contributed by atoms with Crippen molar-refractivity contribution in [3.63, 3.8) is 0 Å². The predicted octanol–water partition coefficient (Wildman–Crippen LogP) is 3.63. The third kappa shape index (κ3) is 3.17. The summed E-state index contributed by atoms with van der Waals surface area (Å²) in [6.45, 7) is 5.20. The molecule has 0 fully saturated rings. The Labute approximate surface area is 109 Å². The van der Waals surface area contributed by atoms with E-state index in [-0.39, 0.29) is 0 Å². The molecule has 18 heavy (non-hydrogen) atoms. The van der Waals surface area contributed by atoms with Crippen molar-refractivity contribution in [3.05, 3.63) is 65.5 Å². The van der Waals surface area contributed by atoms with Crippen molar-refractivity contribution < 1.29 is 0 Å². The molecule has 0 spiro atoms. The van der Waals surface area contributed by atoms with E-state index >= 15 is 0 Å². The molecule has 0 aliphatic rings. The summed E-state index contributed by atoms with van der Waals surface area (Å²) in [5, 5.41) is 3.60. The molecular weight excluding hydrogens is 220 g/mol. The van der Waals surface area contributed by atoms with Gasteiger partial charge in [0.05, 0.1) is 0 Å².